The standard InChI is InChI=1S/C53H35N5/c1-4-15-37(16-5-1)52-54-53(38-17-6-2-7-18-38)56(55-52)34-35-24-25-40-31-42(28-26-39(40)30-35)58-47-23-13-12-22-44(47)45-32-50-46(33-49(45)58)51-43-21-11-10-14-36(43)27-29-48(51)57(50)41-19-8-3-9-20-41/h1-33H,34H2. The summed E-state index contributed by atoms with van der Waals surface area (Å²) in [7, 11) is 0. The average Bonchev–Trinajstić information content (AvgIpc) is 3.96. The van der Waals surface area contributed by atoms with Gasteiger partial charge < -0.3 is 14.1 Å². The van der Waals surface area contributed by atoms with Gasteiger partial charge in [0.1, 0.15) is 12.4 Å². The lowest BCUT2D eigenvalue weighted by molar-refractivity contribution is -0.737. The molecular formula is C53H35N5. The highest BCUT2D eigenvalue weighted by Gasteiger charge is 2.20. The first-order chi connectivity index (χ1) is 28.7. The summed E-state index contributed by atoms with van der Waals surface area (Å²) in [5.41, 5.74) is 10.3. The highest BCUT2D eigenvalue weighted by Crippen LogP contribution is 2.42. The van der Waals surface area contributed by atoms with Crippen molar-refractivity contribution in [3.8, 4) is 34.2 Å². The van der Waals surface area contributed by atoms with Crippen LogP contribution in [0.25, 0.3) is 99.3 Å². The second-order valence-corrected chi connectivity index (χ2v) is 15.1. The van der Waals surface area contributed by atoms with Crippen LogP contribution in [0.5, 0.6) is 0 Å². The zero-order chi connectivity index (χ0) is 38.2. The molecule has 0 N–H and O–H groups in total. The number of nitrogens with zero attached hydrogens (tertiary/aromatic N) is 5. The maximum atomic E-state index is 5.01. The first kappa shape index (κ1) is 32.5. The molecule has 0 radical (unpaired) electrons. The predicted octanol–water partition coefficient (Wildman–Crippen LogP) is 12.2. The monoisotopic (exact) mass is 741 g/mol. The van der Waals surface area contributed by atoms with E-state index in [0.29, 0.717) is 6.54 Å². The van der Waals surface area contributed by atoms with Crippen LogP contribution in [-0.2, 0) is 6.54 Å². The van der Waals surface area contributed by atoms with E-state index in [1.165, 1.54) is 70.7 Å². The zero-order valence-electron chi connectivity index (χ0n) is 31.5. The largest absolute Gasteiger partial charge is 0.397 e. The minimum atomic E-state index is 0.607. The normalized spacial score (nSPS) is 11.9. The summed E-state index contributed by atoms with van der Waals surface area (Å²) in [5, 5.41) is 14.9. The Kier molecular flexibility index (Phi) is 7.23. The van der Waals surface area contributed by atoms with Crippen LogP contribution in [0.1, 0.15) is 5.56 Å². The van der Waals surface area contributed by atoms with Crippen LogP contribution in [0.4, 0.5) is 0 Å². The van der Waals surface area contributed by atoms with Crippen LogP contribution in [0.15, 0.2) is 200 Å². The lowest BCUT2D eigenvalue weighted by Crippen LogP contribution is -2.40. The van der Waals surface area contributed by atoms with Gasteiger partial charge in [-0.3, -0.25) is 9.78 Å². The Balaban J connectivity index is 1.01. The fourth-order valence-electron chi connectivity index (χ4n) is 9.04. The van der Waals surface area contributed by atoms with Gasteiger partial charge in [-0.1, -0.05) is 146 Å². The molecule has 58 heavy (non-hydrogen) atoms. The van der Waals surface area contributed by atoms with E-state index in [1.807, 2.05) is 28.9 Å². The number of fused-ring (bicyclic) bond motifs is 9. The number of benzene rings is 9. The maximum Gasteiger partial charge on any atom is 0.126 e. The molecule has 0 saturated heterocycles. The lowest BCUT2D eigenvalue weighted by atomic mass is 10.0. The third kappa shape index (κ3) is 5.10. The van der Waals surface area contributed by atoms with Crippen molar-refractivity contribution in [1.29, 1.82) is 0 Å². The molecule has 0 atom stereocenters. The molecule has 12 rings (SSSR count). The zero-order valence-corrected chi connectivity index (χ0v) is 31.5. The molecule has 0 aliphatic heterocycles. The van der Waals surface area contributed by atoms with E-state index in [4.69, 9.17) is 10.1 Å². The Labute approximate surface area is 334 Å². The Bertz CT molecular complexity index is 3520. The van der Waals surface area contributed by atoms with Gasteiger partial charge in [0.25, 0.3) is 0 Å². The summed E-state index contributed by atoms with van der Waals surface area (Å²) in [6.45, 7) is 0.607. The molecule has 0 unspecified atom stereocenters. The molecule has 0 aliphatic carbocycles. The van der Waals surface area contributed by atoms with Crippen molar-refractivity contribution in [2.45, 2.75) is 6.54 Å². The average molecular weight is 742 g/mol. The minimum Gasteiger partial charge on any atom is -0.397 e. The summed E-state index contributed by atoms with van der Waals surface area (Å²) < 4.78 is 6.91. The van der Waals surface area contributed by atoms with E-state index in [2.05, 4.69) is 185 Å². The van der Waals surface area contributed by atoms with Gasteiger partial charge in [0.15, 0.2) is 0 Å². The Morgan fingerprint density at radius 2 is 1.03 bits per heavy atom. The van der Waals surface area contributed by atoms with Crippen molar-refractivity contribution < 1.29 is 4.68 Å². The van der Waals surface area contributed by atoms with Crippen molar-refractivity contribution in [3.05, 3.63) is 206 Å². The van der Waals surface area contributed by atoms with Crippen molar-refractivity contribution in [2.24, 2.45) is 0 Å². The van der Waals surface area contributed by atoms with Crippen LogP contribution in [0.2, 0.25) is 0 Å². The third-order valence-corrected chi connectivity index (χ3v) is 11.7. The molecule has 0 bridgehead atoms. The summed E-state index contributed by atoms with van der Waals surface area (Å²) in [6.07, 6.45) is 0. The van der Waals surface area contributed by atoms with Gasteiger partial charge in [0.2, 0.25) is 0 Å². The Hall–Kier alpha value is -7.76. The molecule has 5 nitrogen and oxygen atoms in total. The van der Waals surface area contributed by atoms with E-state index in [1.54, 1.807) is 0 Å². The van der Waals surface area contributed by atoms with Gasteiger partial charge >= 0.3 is 0 Å². The SMILES string of the molecule is c1ccc(-c2nc(-c3ccccc3)[n+](Cc3ccc4cc(-n5c6ccccc6c6cc7c(cc65)c5c6ccccc6ccc5n7-c5ccccc5)ccc4c3)[n-]2)cc1. The highest BCUT2D eigenvalue weighted by molar-refractivity contribution is 6.25. The Morgan fingerprint density at radius 3 is 1.86 bits per heavy atom. The Morgan fingerprint density at radius 1 is 0.414 bits per heavy atom. The second kappa shape index (κ2) is 12.9. The van der Waals surface area contributed by atoms with Crippen molar-refractivity contribution in [3.63, 3.8) is 0 Å². The fraction of sp³-hybridized carbons (Fsp3) is 0.0189. The lowest BCUT2D eigenvalue weighted by Gasteiger charge is -2.11. The third-order valence-electron chi connectivity index (χ3n) is 11.7. The van der Waals surface area contributed by atoms with Gasteiger partial charge in [0.05, 0.1) is 22.1 Å². The van der Waals surface area contributed by atoms with Crippen LogP contribution in [-0.4, -0.2) is 14.1 Å². The van der Waals surface area contributed by atoms with Crippen molar-refractivity contribution in [1.82, 2.24) is 19.2 Å². The number of hydrogen-bond acceptors (Lipinski definition) is 1. The smallest absolute Gasteiger partial charge is 0.126 e. The van der Waals surface area contributed by atoms with E-state index in [-0.39, 0.29) is 0 Å². The molecule has 9 aromatic carbocycles. The minimum absolute atomic E-state index is 0.607. The summed E-state index contributed by atoms with van der Waals surface area (Å²) in [4.78, 5) is 5.01. The number of para-hydroxylation sites is 2. The van der Waals surface area contributed by atoms with Crippen molar-refractivity contribution in [2.75, 3.05) is 0 Å². The molecule has 0 fully saturated rings. The first-order valence-electron chi connectivity index (χ1n) is 19.8. The topological polar surface area (TPSA) is 40.7 Å². The number of aromatic nitrogens is 5. The van der Waals surface area contributed by atoms with Crippen LogP contribution in [0.3, 0.4) is 0 Å². The van der Waals surface area contributed by atoms with Crippen LogP contribution in [0, 0.1) is 0 Å². The van der Waals surface area contributed by atoms with Gasteiger partial charge in [0, 0.05) is 38.5 Å². The summed E-state index contributed by atoms with van der Waals surface area (Å²) in [5.74, 6) is 1.58. The summed E-state index contributed by atoms with van der Waals surface area (Å²) in [6, 6.07) is 71.8. The molecule has 0 spiro atoms. The molecule has 3 aromatic heterocycles. The second-order valence-electron chi connectivity index (χ2n) is 15.1. The highest BCUT2D eigenvalue weighted by atomic mass is 15.3. The van der Waals surface area contributed by atoms with Crippen LogP contribution >= 0.6 is 0 Å². The van der Waals surface area contributed by atoms with Gasteiger partial charge in [-0.2, -0.15) is 0 Å². The molecule has 0 amide bonds. The van der Waals surface area contributed by atoms with E-state index >= 15 is 0 Å². The molecular weight excluding hydrogens is 707 g/mol. The van der Waals surface area contributed by atoms with Crippen molar-refractivity contribution >= 4 is 65.2 Å². The van der Waals surface area contributed by atoms with Gasteiger partial charge in [-0.05, 0) is 93.1 Å². The maximum absolute atomic E-state index is 5.01. The van der Waals surface area contributed by atoms with Gasteiger partial charge in [-0.15, -0.1) is 0 Å². The molecule has 272 valence electrons. The first-order valence-corrected chi connectivity index (χ1v) is 19.8. The van der Waals surface area contributed by atoms with E-state index in [9.17, 15) is 0 Å². The molecule has 0 saturated carbocycles. The van der Waals surface area contributed by atoms with E-state index < -0.39 is 0 Å². The predicted molar refractivity (Wildman–Crippen MR) is 238 cm³/mol. The molecule has 5 heteroatoms. The number of hydrogen-bond donors (Lipinski definition) is 0. The quantitative estimate of drug-likeness (QED) is 0.159. The van der Waals surface area contributed by atoms with Crippen LogP contribution < -0.4 is 9.78 Å². The molecule has 0 aliphatic rings. The van der Waals surface area contributed by atoms with Gasteiger partial charge in [-0.25, -0.2) is 0 Å². The van der Waals surface area contributed by atoms with E-state index in [0.717, 1.165) is 34.2 Å². The number of rotatable bonds is 6. The fourth-order valence-corrected chi connectivity index (χ4v) is 9.04. The summed E-state index contributed by atoms with van der Waals surface area (Å²) >= 11 is 0. The molecule has 3 heterocycles. The molecule has 12 aromatic rings.